The van der Waals surface area contributed by atoms with Gasteiger partial charge in [0.25, 0.3) is 0 Å². The summed E-state index contributed by atoms with van der Waals surface area (Å²) in [6.45, 7) is 4.13. The fourth-order valence-electron chi connectivity index (χ4n) is 1.18. The molecule has 2 nitrogen and oxygen atoms in total. The molecule has 1 aromatic rings. The van der Waals surface area contributed by atoms with Gasteiger partial charge in [0.05, 0.1) is 10.8 Å². The third-order valence-corrected chi connectivity index (χ3v) is 3.41. The Labute approximate surface area is 92.1 Å². The van der Waals surface area contributed by atoms with Crippen molar-refractivity contribution in [1.29, 1.82) is 0 Å². The molecular weight excluding hydrogens is 213 g/mol. The van der Waals surface area contributed by atoms with E-state index in [2.05, 4.69) is 13.8 Å². The van der Waals surface area contributed by atoms with Crippen molar-refractivity contribution < 1.29 is 8.60 Å². The van der Waals surface area contributed by atoms with Gasteiger partial charge in [0.2, 0.25) is 0 Å². The van der Waals surface area contributed by atoms with E-state index < -0.39 is 16.6 Å². The molecule has 1 unspecified atom stereocenters. The minimum absolute atomic E-state index is 0.322. The van der Waals surface area contributed by atoms with Crippen molar-refractivity contribution in [3.63, 3.8) is 0 Å². The lowest BCUT2D eigenvalue weighted by Gasteiger charge is -2.05. The summed E-state index contributed by atoms with van der Waals surface area (Å²) < 4.78 is 24.7. The molecule has 1 aromatic carbocycles. The molecule has 0 saturated carbocycles. The molecule has 1 atom stereocenters. The molecule has 0 saturated heterocycles. The maximum absolute atomic E-state index is 13.0. The van der Waals surface area contributed by atoms with Crippen molar-refractivity contribution in [2.24, 2.45) is 5.92 Å². The second kappa shape index (κ2) is 5.26. The Balaban J connectivity index is 2.73. The molecule has 1 rings (SSSR count). The van der Waals surface area contributed by atoms with E-state index in [1.807, 2.05) is 0 Å². The highest BCUT2D eigenvalue weighted by molar-refractivity contribution is 7.85. The first kappa shape index (κ1) is 12.2. The highest BCUT2D eigenvalue weighted by Gasteiger charge is 2.07. The molecule has 0 aliphatic heterocycles. The zero-order valence-corrected chi connectivity index (χ0v) is 9.81. The van der Waals surface area contributed by atoms with Gasteiger partial charge < -0.3 is 5.73 Å². The van der Waals surface area contributed by atoms with Gasteiger partial charge in [-0.05, 0) is 30.5 Å². The van der Waals surface area contributed by atoms with E-state index in [9.17, 15) is 8.60 Å². The van der Waals surface area contributed by atoms with Crippen LogP contribution in [0.2, 0.25) is 0 Å². The fourth-order valence-corrected chi connectivity index (χ4v) is 2.61. The van der Waals surface area contributed by atoms with Crippen LogP contribution in [-0.4, -0.2) is 9.96 Å². The standard InChI is InChI=1S/C11H16FNOS/c1-8(2)3-4-15(14)11-6-9(12)5-10(13)7-11/h5-8H,3-4,13H2,1-2H3. The highest BCUT2D eigenvalue weighted by Crippen LogP contribution is 2.16. The molecule has 0 heterocycles. The van der Waals surface area contributed by atoms with Crippen molar-refractivity contribution in [2.75, 3.05) is 11.5 Å². The molecule has 0 amide bonds. The van der Waals surface area contributed by atoms with Crippen LogP contribution in [0, 0.1) is 11.7 Å². The summed E-state index contributed by atoms with van der Waals surface area (Å²) in [5.41, 5.74) is 5.80. The highest BCUT2D eigenvalue weighted by atomic mass is 32.2. The van der Waals surface area contributed by atoms with E-state index in [0.29, 0.717) is 22.3 Å². The number of nitrogens with two attached hydrogens (primary N) is 1. The second-order valence-corrected chi connectivity index (χ2v) is 5.52. The first-order valence-electron chi connectivity index (χ1n) is 4.93. The third-order valence-electron chi connectivity index (χ3n) is 2.04. The molecule has 0 aliphatic carbocycles. The summed E-state index contributed by atoms with van der Waals surface area (Å²) in [5.74, 6) is 0.628. The van der Waals surface area contributed by atoms with Crippen LogP contribution in [-0.2, 0) is 10.8 Å². The number of nitrogen functional groups attached to an aromatic ring is 1. The number of halogens is 1. The number of hydrogen-bond acceptors (Lipinski definition) is 2. The summed E-state index contributed by atoms with van der Waals surface area (Å²) in [4.78, 5) is 0.480. The fraction of sp³-hybridized carbons (Fsp3) is 0.455. The van der Waals surface area contributed by atoms with Crippen molar-refractivity contribution in [3.8, 4) is 0 Å². The molecule has 15 heavy (non-hydrogen) atoms. The zero-order valence-electron chi connectivity index (χ0n) is 9.00. The van der Waals surface area contributed by atoms with E-state index in [1.165, 1.54) is 12.1 Å². The van der Waals surface area contributed by atoms with Gasteiger partial charge in [-0.2, -0.15) is 0 Å². The van der Waals surface area contributed by atoms with Crippen molar-refractivity contribution in [2.45, 2.75) is 25.2 Å². The minimum atomic E-state index is -1.14. The molecule has 0 bridgehead atoms. The Kier molecular flexibility index (Phi) is 4.27. The number of rotatable bonds is 4. The Bertz CT molecular complexity index is 345. The van der Waals surface area contributed by atoms with Crippen LogP contribution < -0.4 is 5.73 Å². The summed E-state index contributed by atoms with van der Waals surface area (Å²) in [5, 5.41) is 0. The maximum atomic E-state index is 13.0. The van der Waals surface area contributed by atoms with Gasteiger partial charge in [0.15, 0.2) is 0 Å². The summed E-state index contributed by atoms with van der Waals surface area (Å²) >= 11 is 0. The monoisotopic (exact) mass is 229 g/mol. The van der Waals surface area contributed by atoms with Gasteiger partial charge in [-0.3, -0.25) is 4.21 Å². The smallest absolute Gasteiger partial charge is 0.126 e. The lowest BCUT2D eigenvalue weighted by atomic mass is 10.2. The van der Waals surface area contributed by atoms with Crippen molar-refractivity contribution >= 4 is 16.5 Å². The lowest BCUT2D eigenvalue weighted by molar-refractivity contribution is 0.615. The van der Waals surface area contributed by atoms with Gasteiger partial charge in [-0.1, -0.05) is 13.8 Å². The summed E-state index contributed by atoms with van der Waals surface area (Å²) in [6, 6.07) is 4.08. The van der Waals surface area contributed by atoms with Gasteiger partial charge in [-0.25, -0.2) is 4.39 Å². The Morgan fingerprint density at radius 2 is 2.07 bits per heavy atom. The molecular formula is C11H16FNOS. The van der Waals surface area contributed by atoms with Crippen LogP contribution in [0.3, 0.4) is 0 Å². The van der Waals surface area contributed by atoms with E-state index in [0.717, 1.165) is 6.42 Å². The van der Waals surface area contributed by atoms with Crippen LogP contribution in [0.1, 0.15) is 20.3 Å². The third kappa shape index (κ3) is 4.00. The first-order chi connectivity index (χ1) is 6.99. The normalized spacial score (nSPS) is 13.1. The number of benzene rings is 1. The topological polar surface area (TPSA) is 43.1 Å². The van der Waals surface area contributed by atoms with E-state index in [-0.39, 0.29) is 0 Å². The SMILES string of the molecule is CC(C)CCS(=O)c1cc(N)cc(F)c1. The Hall–Kier alpha value is -0.900. The van der Waals surface area contributed by atoms with Crippen LogP contribution in [0.15, 0.2) is 23.1 Å². The van der Waals surface area contributed by atoms with Crippen molar-refractivity contribution in [3.05, 3.63) is 24.0 Å². The Morgan fingerprint density at radius 3 is 2.60 bits per heavy atom. The largest absolute Gasteiger partial charge is 0.399 e. The van der Waals surface area contributed by atoms with Crippen LogP contribution >= 0.6 is 0 Å². The van der Waals surface area contributed by atoms with E-state index in [1.54, 1.807) is 6.07 Å². The minimum Gasteiger partial charge on any atom is -0.399 e. The van der Waals surface area contributed by atoms with Gasteiger partial charge >= 0.3 is 0 Å². The van der Waals surface area contributed by atoms with Gasteiger partial charge in [0, 0.05) is 16.3 Å². The van der Waals surface area contributed by atoms with Crippen LogP contribution in [0.5, 0.6) is 0 Å². The quantitative estimate of drug-likeness (QED) is 0.806. The molecule has 0 spiro atoms. The average molecular weight is 229 g/mol. The average Bonchev–Trinajstić information content (AvgIpc) is 2.12. The predicted molar refractivity (Wildman–Crippen MR) is 61.5 cm³/mol. The molecule has 0 aliphatic rings. The van der Waals surface area contributed by atoms with Gasteiger partial charge in [-0.15, -0.1) is 0 Å². The molecule has 84 valence electrons. The van der Waals surface area contributed by atoms with Gasteiger partial charge in [0.1, 0.15) is 5.82 Å². The zero-order chi connectivity index (χ0) is 11.4. The number of hydrogen-bond donors (Lipinski definition) is 1. The molecule has 0 aromatic heterocycles. The van der Waals surface area contributed by atoms with Crippen LogP contribution in [0.25, 0.3) is 0 Å². The van der Waals surface area contributed by atoms with Crippen molar-refractivity contribution in [1.82, 2.24) is 0 Å². The van der Waals surface area contributed by atoms with Crippen LogP contribution in [0.4, 0.5) is 10.1 Å². The maximum Gasteiger partial charge on any atom is 0.126 e. The second-order valence-electron chi connectivity index (χ2n) is 3.95. The lowest BCUT2D eigenvalue weighted by Crippen LogP contribution is -2.03. The predicted octanol–water partition coefficient (Wildman–Crippen LogP) is 2.56. The Morgan fingerprint density at radius 1 is 1.40 bits per heavy atom. The summed E-state index contributed by atoms with van der Waals surface area (Å²) in [7, 11) is -1.14. The molecule has 2 N–H and O–H groups in total. The first-order valence-corrected chi connectivity index (χ1v) is 6.25. The van der Waals surface area contributed by atoms with E-state index >= 15 is 0 Å². The van der Waals surface area contributed by atoms with E-state index in [4.69, 9.17) is 5.73 Å². The molecule has 0 fully saturated rings. The molecule has 4 heteroatoms. The molecule has 0 radical (unpaired) electrons. The summed E-state index contributed by atoms with van der Waals surface area (Å²) in [6.07, 6.45) is 0.864. The number of anilines is 1.